The van der Waals surface area contributed by atoms with Crippen molar-refractivity contribution in [3.05, 3.63) is 214 Å². The average Bonchev–Trinajstić information content (AvgIpc) is 3.20. The molecular weight excluding hydrogens is 649 g/mol. The summed E-state index contributed by atoms with van der Waals surface area (Å²) in [4.78, 5) is 0. The van der Waals surface area contributed by atoms with E-state index in [-0.39, 0.29) is 0 Å². The molecule has 0 N–H and O–H groups in total. The first-order chi connectivity index (χ1) is 26.4. The Balaban J connectivity index is 1.31. The van der Waals surface area contributed by atoms with Crippen molar-refractivity contribution in [2.45, 2.75) is 27.7 Å². The molecule has 8 aromatic carbocycles. The van der Waals surface area contributed by atoms with Crippen LogP contribution in [0, 0.1) is 27.7 Å². The van der Waals surface area contributed by atoms with Gasteiger partial charge in [0.1, 0.15) is 0 Å². The number of benzene rings is 8. The number of hydrogen-bond donors (Lipinski definition) is 0. The number of hydrogen-bond acceptors (Lipinski definition) is 0. The zero-order valence-electron chi connectivity index (χ0n) is 31.5. The van der Waals surface area contributed by atoms with Crippen molar-refractivity contribution in [3.8, 4) is 44.5 Å². The molecule has 54 heavy (non-hydrogen) atoms. The molecule has 8 aromatic rings. The normalized spacial score (nSPS) is 11.6. The highest BCUT2D eigenvalue weighted by Crippen LogP contribution is 2.44. The Hall–Kier alpha value is -6.50. The summed E-state index contributed by atoms with van der Waals surface area (Å²) in [5, 5.41) is 2.47. The molecule has 0 saturated heterocycles. The van der Waals surface area contributed by atoms with Gasteiger partial charge in [0.25, 0.3) is 0 Å². The standard InChI is InChI=1S/C54H44/c1-37-15-23-41(24-16-37)27-33-43-9-7-13-51(53(43)45-29-19-39(3)20-30-45)49-35-36-50(48-12-6-5-11-47(48)49)52-14-8-10-44(34-28-42-25-17-38(2)18-26-42)54(52)46-31-21-40(4)22-32-46/h5-36H,1-4H3/b33-27+,34-28+. The molecule has 0 nitrogen and oxygen atoms in total. The third-order valence-corrected chi connectivity index (χ3v) is 10.4. The molecule has 260 valence electrons. The Morgan fingerprint density at radius 1 is 0.278 bits per heavy atom. The molecule has 8 rings (SSSR count). The smallest absolute Gasteiger partial charge is 0.00326 e. The van der Waals surface area contributed by atoms with Crippen LogP contribution in [0.2, 0.25) is 0 Å². The summed E-state index contributed by atoms with van der Waals surface area (Å²) >= 11 is 0. The Morgan fingerprint density at radius 3 is 1.00 bits per heavy atom. The van der Waals surface area contributed by atoms with E-state index in [1.54, 1.807) is 0 Å². The van der Waals surface area contributed by atoms with Crippen molar-refractivity contribution in [3.63, 3.8) is 0 Å². The highest BCUT2D eigenvalue weighted by atomic mass is 14.2. The third-order valence-electron chi connectivity index (χ3n) is 10.4. The first kappa shape index (κ1) is 34.6. The van der Waals surface area contributed by atoms with Crippen molar-refractivity contribution < 1.29 is 0 Å². The van der Waals surface area contributed by atoms with Gasteiger partial charge in [-0.25, -0.2) is 0 Å². The van der Waals surface area contributed by atoms with Crippen LogP contribution < -0.4 is 0 Å². The van der Waals surface area contributed by atoms with Crippen molar-refractivity contribution in [1.29, 1.82) is 0 Å². The van der Waals surface area contributed by atoms with Gasteiger partial charge in [-0.2, -0.15) is 0 Å². The fourth-order valence-corrected chi connectivity index (χ4v) is 7.45. The molecule has 0 aliphatic heterocycles. The topological polar surface area (TPSA) is 0 Å². The van der Waals surface area contributed by atoms with Crippen LogP contribution in [0.5, 0.6) is 0 Å². The molecule has 0 spiro atoms. The van der Waals surface area contributed by atoms with Crippen molar-refractivity contribution >= 4 is 35.1 Å². The lowest BCUT2D eigenvalue weighted by Gasteiger charge is -2.19. The second-order valence-corrected chi connectivity index (χ2v) is 14.5. The largest absolute Gasteiger partial charge is 0.0616 e. The summed E-state index contributed by atoms with van der Waals surface area (Å²) in [5.41, 5.74) is 19.6. The van der Waals surface area contributed by atoms with Crippen LogP contribution in [0.1, 0.15) is 44.5 Å². The van der Waals surface area contributed by atoms with Crippen molar-refractivity contribution in [2.75, 3.05) is 0 Å². The van der Waals surface area contributed by atoms with Gasteiger partial charge >= 0.3 is 0 Å². The lowest BCUT2D eigenvalue weighted by Crippen LogP contribution is -1.94. The lowest BCUT2D eigenvalue weighted by atomic mass is 9.84. The Bertz CT molecular complexity index is 2440. The van der Waals surface area contributed by atoms with Gasteiger partial charge in [0.2, 0.25) is 0 Å². The lowest BCUT2D eigenvalue weighted by molar-refractivity contribution is 1.46. The maximum Gasteiger partial charge on any atom is -0.00326 e. The molecule has 0 aliphatic rings. The first-order valence-corrected chi connectivity index (χ1v) is 18.8. The van der Waals surface area contributed by atoms with E-state index in [1.165, 1.54) is 99.8 Å². The Kier molecular flexibility index (Phi) is 9.75. The molecule has 0 radical (unpaired) electrons. The highest BCUT2D eigenvalue weighted by Gasteiger charge is 2.18. The second-order valence-electron chi connectivity index (χ2n) is 14.5. The fraction of sp³-hybridized carbons (Fsp3) is 0.0741. The monoisotopic (exact) mass is 692 g/mol. The highest BCUT2D eigenvalue weighted by molar-refractivity contribution is 6.10. The molecule has 0 aromatic heterocycles. The van der Waals surface area contributed by atoms with E-state index >= 15 is 0 Å². The molecule has 0 heterocycles. The summed E-state index contributed by atoms with van der Waals surface area (Å²) in [6, 6.07) is 62.4. The summed E-state index contributed by atoms with van der Waals surface area (Å²) in [6.45, 7) is 8.56. The predicted molar refractivity (Wildman–Crippen MR) is 235 cm³/mol. The maximum absolute atomic E-state index is 2.34. The summed E-state index contributed by atoms with van der Waals surface area (Å²) in [7, 11) is 0. The quantitative estimate of drug-likeness (QED) is 0.139. The van der Waals surface area contributed by atoms with E-state index in [4.69, 9.17) is 0 Å². The van der Waals surface area contributed by atoms with Crippen LogP contribution in [0.3, 0.4) is 0 Å². The molecule has 0 heteroatoms. The van der Waals surface area contributed by atoms with E-state index in [0.717, 1.165) is 0 Å². The van der Waals surface area contributed by atoms with Gasteiger partial charge in [-0.3, -0.25) is 0 Å². The Morgan fingerprint density at radius 2 is 0.630 bits per heavy atom. The molecule has 0 bridgehead atoms. The predicted octanol–water partition coefficient (Wildman–Crippen LogP) is 15.1. The first-order valence-electron chi connectivity index (χ1n) is 18.8. The van der Waals surface area contributed by atoms with Gasteiger partial charge in [0, 0.05) is 0 Å². The van der Waals surface area contributed by atoms with Gasteiger partial charge < -0.3 is 0 Å². The number of fused-ring (bicyclic) bond motifs is 1. The van der Waals surface area contributed by atoms with Gasteiger partial charge in [0.15, 0.2) is 0 Å². The SMILES string of the molecule is Cc1ccc(/C=C/c2cccc(-c3ccc(-c4cccc(/C=C/c5ccc(C)cc5)c4-c4ccc(C)cc4)c4ccccc34)c2-c2ccc(C)cc2)cc1. The molecule has 0 fully saturated rings. The maximum atomic E-state index is 2.34. The van der Waals surface area contributed by atoms with Crippen LogP contribution in [0.25, 0.3) is 79.6 Å². The van der Waals surface area contributed by atoms with Gasteiger partial charge in [-0.1, -0.05) is 216 Å². The van der Waals surface area contributed by atoms with Gasteiger partial charge in [0.05, 0.1) is 0 Å². The zero-order valence-corrected chi connectivity index (χ0v) is 31.5. The molecule has 0 unspecified atom stereocenters. The fourth-order valence-electron chi connectivity index (χ4n) is 7.45. The van der Waals surface area contributed by atoms with E-state index in [2.05, 4.69) is 222 Å². The van der Waals surface area contributed by atoms with Gasteiger partial charge in [-0.05, 0) is 105 Å². The van der Waals surface area contributed by atoms with E-state index < -0.39 is 0 Å². The molecule has 0 aliphatic carbocycles. The van der Waals surface area contributed by atoms with Crippen molar-refractivity contribution in [1.82, 2.24) is 0 Å². The van der Waals surface area contributed by atoms with E-state index in [1.807, 2.05) is 0 Å². The van der Waals surface area contributed by atoms with Crippen LogP contribution >= 0.6 is 0 Å². The minimum atomic E-state index is 1.19. The van der Waals surface area contributed by atoms with E-state index in [0.29, 0.717) is 0 Å². The van der Waals surface area contributed by atoms with Crippen LogP contribution in [-0.4, -0.2) is 0 Å². The molecule has 0 atom stereocenters. The molecule has 0 amide bonds. The summed E-state index contributed by atoms with van der Waals surface area (Å²) < 4.78 is 0. The minimum Gasteiger partial charge on any atom is -0.0616 e. The summed E-state index contributed by atoms with van der Waals surface area (Å²) in [5.74, 6) is 0. The minimum absolute atomic E-state index is 1.19. The van der Waals surface area contributed by atoms with Crippen LogP contribution in [0.4, 0.5) is 0 Å². The van der Waals surface area contributed by atoms with Crippen LogP contribution in [-0.2, 0) is 0 Å². The summed E-state index contributed by atoms with van der Waals surface area (Å²) in [6.07, 6.45) is 8.99. The second kappa shape index (κ2) is 15.2. The van der Waals surface area contributed by atoms with Crippen LogP contribution in [0.15, 0.2) is 170 Å². The molecule has 0 saturated carbocycles. The van der Waals surface area contributed by atoms with Gasteiger partial charge in [-0.15, -0.1) is 0 Å². The molecular formula is C54H44. The zero-order chi connectivity index (χ0) is 37.0. The Labute approximate surface area is 320 Å². The van der Waals surface area contributed by atoms with E-state index in [9.17, 15) is 0 Å². The van der Waals surface area contributed by atoms with Crippen molar-refractivity contribution in [2.24, 2.45) is 0 Å². The number of rotatable bonds is 8. The third kappa shape index (κ3) is 7.25. The average molecular weight is 693 g/mol. The number of aryl methyl sites for hydroxylation is 4.